The molecule has 6 heteroatoms. The van der Waals surface area contributed by atoms with Gasteiger partial charge >= 0.3 is 0 Å². The fraction of sp³-hybridized carbons (Fsp3) is 0.238. The van der Waals surface area contributed by atoms with Crippen molar-refractivity contribution in [2.75, 3.05) is 13.2 Å². The second kappa shape index (κ2) is 8.98. The lowest BCUT2D eigenvalue weighted by atomic mass is 10.1. The fourth-order valence-electron chi connectivity index (χ4n) is 2.69. The SMILES string of the molecule is Cc1cn(-c2ccccc2)nc1OCC(=O)NCCCc1ccccc1F. The van der Waals surface area contributed by atoms with Crippen molar-refractivity contribution in [3.63, 3.8) is 0 Å². The molecule has 0 radical (unpaired) electrons. The molecule has 140 valence electrons. The van der Waals surface area contributed by atoms with Gasteiger partial charge in [0.2, 0.25) is 5.88 Å². The molecule has 1 N–H and O–H groups in total. The van der Waals surface area contributed by atoms with Crippen LogP contribution in [0.2, 0.25) is 0 Å². The lowest BCUT2D eigenvalue weighted by Crippen LogP contribution is -2.30. The molecule has 2 aromatic carbocycles. The summed E-state index contributed by atoms with van der Waals surface area (Å²) in [6.45, 7) is 2.24. The minimum absolute atomic E-state index is 0.105. The van der Waals surface area contributed by atoms with Gasteiger partial charge in [-0.05, 0) is 43.5 Å². The predicted molar refractivity (Wildman–Crippen MR) is 102 cm³/mol. The molecule has 0 saturated carbocycles. The summed E-state index contributed by atoms with van der Waals surface area (Å²) in [4.78, 5) is 11.9. The van der Waals surface area contributed by atoms with E-state index < -0.39 is 0 Å². The van der Waals surface area contributed by atoms with Crippen LogP contribution in [-0.4, -0.2) is 28.8 Å². The topological polar surface area (TPSA) is 56.2 Å². The van der Waals surface area contributed by atoms with E-state index in [4.69, 9.17) is 4.74 Å². The van der Waals surface area contributed by atoms with Crippen molar-refractivity contribution in [2.45, 2.75) is 19.8 Å². The van der Waals surface area contributed by atoms with Gasteiger partial charge in [-0.3, -0.25) is 4.79 Å². The zero-order chi connectivity index (χ0) is 19.1. The van der Waals surface area contributed by atoms with Gasteiger partial charge in [0.1, 0.15) is 5.82 Å². The summed E-state index contributed by atoms with van der Waals surface area (Å²) in [5, 5.41) is 7.15. The molecule has 0 unspecified atom stereocenters. The van der Waals surface area contributed by atoms with Crippen LogP contribution in [-0.2, 0) is 11.2 Å². The number of carbonyl (C=O) groups is 1. The minimum Gasteiger partial charge on any atom is -0.466 e. The lowest BCUT2D eigenvalue weighted by Gasteiger charge is -2.07. The number of amides is 1. The van der Waals surface area contributed by atoms with E-state index in [1.54, 1.807) is 16.8 Å². The zero-order valence-corrected chi connectivity index (χ0v) is 15.2. The summed E-state index contributed by atoms with van der Waals surface area (Å²) >= 11 is 0. The van der Waals surface area contributed by atoms with Crippen LogP contribution in [0.25, 0.3) is 5.69 Å². The monoisotopic (exact) mass is 367 g/mol. The number of aryl methyl sites for hydroxylation is 2. The molecule has 0 spiro atoms. The number of halogens is 1. The molecule has 0 aliphatic heterocycles. The van der Waals surface area contributed by atoms with E-state index in [1.807, 2.05) is 49.5 Å². The average molecular weight is 367 g/mol. The smallest absolute Gasteiger partial charge is 0.258 e. The van der Waals surface area contributed by atoms with E-state index in [0.717, 1.165) is 11.3 Å². The molecule has 1 aromatic heterocycles. The first-order valence-corrected chi connectivity index (χ1v) is 8.88. The summed E-state index contributed by atoms with van der Waals surface area (Å²) in [6, 6.07) is 16.4. The molecule has 0 saturated heterocycles. The van der Waals surface area contributed by atoms with Gasteiger partial charge in [-0.15, -0.1) is 5.10 Å². The fourth-order valence-corrected chi connectivity index (χ4v) is 2.69. The van der Waals surface area contributed by atoms with Crippen molar-refractivity contribution < 1.29 is 13.9 Å². The molecule has 0 atom stereocenters. The van der Waals surface area contributed by atoms with Crippen LogP contribution < -0.4 is 10.1 Å². The number of benzene rings is 2. The molecule has 0 aliphatic carbocycles. The van der Waals surface area contributed by atoms with E-state index in [1.165, 1.54) is 6.07 Å². The maximum absolute atomic E-state index is 13.5. The Labute approximate surface area is 157 Å². The highest BCUT2D eigenvalue weighted by Crippen LogP contribution is 2.17. The van der Waals surface area contributed by atoms with E-state index in [-0.39, 0.29) is 18.3 Å². The number of ether oxygens (including phenoxy) is 1. The summed E-state index contributed by atoms with van der Waals surface area (Å²) in [6.07, 6.45) is 3.10. The van der Waals surface area contributed by atoms with Crippen LogP contribution in [0.3, 0.4) is 0 Å². The van der Waals surface area contributed by atoms with E-state index in [2.05, 4.69) is 10.4 Å². The molecule has 0 aliphatic rings. The summed E-state index contributed by atoms with van der Waals surface area (Å²) < 4.78 is 20.8. The lowest BCUT2D eigenvalue weighted by molar-refractivity contribution is -0.123. The van der Waals surface area contributed by atoms with E-state index >= 15 is 0 Å². The number of nitrogens with one attached hydrogen (secondary N) is 1. The highest BCUT2D eigenvalue weighted by Gasteiger charge is 2.10. The second-order valence-electron chi connectivity index (χ2n) is 6.23. The average Bonchev–Trinajstić information content (AvgIpc) is 3.06. The third kappa shape index (κ3) is 5.17. The molecule has 5 nitrogen and oxygen atoms in total. The molecule has 0 fully saturated rings. The number of aromatic nitrogens is 2. The number of rotatable bonds is 8. The highest BCUT2D eigenvalue weighted by atomic mass is 19.1. The Morgan fingerprint density at radius 2 is 1.89 bits per heavy atom. The van der Waals surface area contributed by atoms with Crippen molar-refractivity contribution in [2.24, 2.45) is 0 Å². The molecule has 3 aromatic rings. The predicted octanol–water partition coefficient (Wildman–Crippen LogP) is 3.45. The number of nitrogens with zero attached hydrogens (tertiary/aromatic N) is 2. The van der Waals surface area contributed by atoms with Gasteiger partial charge in [0.25, 0.3) is 5.91 Å². The second-order valence-corrected chi connectivity index (χ2v) is 6.23. The van der Waals surface area contributed by atoms with Crippen LogP contribution in [0.15, 0.2) is 60.8 Å². The highest BCUT2D eigenvalue weighted by molar-refractivity contribution is 5.77. The van der Waals surface area contributed by atoms with Gasteiger partial charge in [0.15, 0.2) is 6.61 Å². The first-order chi connectivity index (χ1) is 13.1. The van der Waals surface area contributed by atoms with Crippen molar-refractivity contribution in [3.8, 4) is 11.6 Å². The Hall–Kier alpha value is -3.15. The number of hydrogen-bond donors (Lipinski definition) is 1. The Balaban J connectivity index is 1.43. The summed E-state index contributed by atoms with van der Waals surface area (Å²) in [7, 11) is 0. The first kappa shape index (κ1) is 18.6. The standard InChI is InChI=1S/C21H22FN3O2/c1-16-14-25(18-10-3-2-4-11-18)24-21(16)27-15-20(26)23-13-7-9-17-8-5-6-12-19(17)22/h2-6,8,10-12,14H,7,9,13,15H2,1H3,(H,23,26). The van der Waals surface area contributed by atoms with Crippen LogP contribution in [0, 0.1) is 12.7 Å². The quantitative estimate of drug-likeness (QED) is 0.621. The Kier molecular flexibility index (Phi) is 6.20. The van der Waals surface area contributed by atoms with Gasteiger partial charge in [0, 0.05) is 18.3 Å². The molecule has 1 heterocycles. The Morgan fingerprint density at radius 3 is 2.67 bits per heavy atom. The zero-order valence-electron chi connectivity index (χ0n) is 15.2. The van der Waals surface area contributed by atoms with Gasteiger partial charge < -0.3 is 10.1 Å². The summed E-state index contributed by atoms with van der Waals surface area (Å²) in [5.74, 6) is -0.00538. The van der Waals surface area contributed by atoms with Gasteiger partial charge in [-0.2, -0.15) is 0 Å². The number of hydrogen-bond acceptors (Lipinski definition) is 3. The summed E-state index contributed by atoms with van der Waals surface area (Å²) in [5.41, 5.74) is 2.43. The van der Waals surface area contributed by atoms with Crippen molar-refractivity contribution in [3.05, 3.63) is 77.7 Å². The number of carbonyl (C=O) groups excluding carboxylic acids is 1. The molecule has 27 heavy (non-hydrogen) atoms. The third-order valence-electron chi connectivity index (χ3n) is 4.12. The van der Waals surface area contributed by atoms with E-state index in [9.17, 15) is 9.18 Å². The minimum atomic E-state index is -0.225. The van der Waals surface area contributed by atoms with Gasteiger partial charge in [0.05, 0.1) is 5.69 Å². The third-order valence-corrected chi connectivity index (χ3v) is 4.12. The number of para-hydroxylation sites is 1. The van der Waals surface area contributed by atoms with Crippen molar-refractivity contribution >= 4 is 5.91 Å². The maximum atomic E-state index is 13.5. The van der Waals surface area contributed by atoms with Crippen molar-refractivity contribution in [1.29, 1.82) is 0 Å². The molecule has 1 amide bonds. The van der Waals surface area contributed by atoms with Crippen LogP contribution in [0.5, 0.6) is 5.88 Å². The van der Waals surface area contributed by atoms with Crippen LogP contribution in [0.1, 0.15) is 17.5 Å². The van der Waals surface area contributed by atoms with Gasteiger partial charge in [-0.25, -0.2) is 9.07 Å². The molecular weight excluding hydrogens is 345 g/mol. The largest absolute Gasteiger partial charge is 0.466 e. The Bertz CT molecular complexity index is 893. The van der Waals surface area contributed by atoms with E-state index in [0.29, 0.717) is 30.8 Å². The van der Waals surface area contributed by atoms with Crippen LogP contribution >= 0.6 is 0 Å². The molecule has 3 rings (SSSR count). The van der Waals surface area contributed by atoms with Crippen LogP contribution in [0.4, 0.5) is 4.39 Å². The Morgan fingerprint density at radius 1 is 1.15 bits per heavy atom. The molecular formula is C21H22FN3O2. The molecule has 0 bridgehead atoms. The van der Waals surface area contributed by atoms with Crippen molar-refractivity contribution in [1.82, 2.24) is 15.1 Å². The first-order valence-electron chi connectivity index (χ1n) is 8.88. The van der Waals surface area contributed by atoms with Gasteiger partial charge in [-0.1, -0.05) is 36.4 Å². The normalized spacial score (nSPS) is 10.6. The maximum Gasteiger partial charge on any atom is 0.258 e.